The molecular formula is C8H19N3O. The van der Waals surface area contributed by atoms with Crippen LogP contribution in [-0.2, 0) is 4.74 Å². The van der Waals surface area contributed by atoms with Gasteiger partial charge in [-0.1, -0.05) is 0 Å². The van der Waals surface area contributed by atoms with Gasteiger partial charge < -0.3 is 10.2 Å². The third kappa shape index (κ3) is 4.31. The maximum absolute atomic E-state index is 5.28. The van der Waals surface area contributed by atoms with Crippen molar-refractivity contribution in [2.45, 2.75) is 32.8 Å². The first-order chi connectivity index (χ1) is 5.55. The first kappa shape index (κ1) is 11.4. The van der Waals surface area contributed by atoms with E-state index in [9.17, 15) is 0 Å². The normalized spacial score (nSPS) is 13.2. The summed E-state index contributed by atoms with van der Waals surface area (Å²) in [5.74, 6) is 6.07. The molecule has 0 aromatic rings. The van der Waals surface area contributed by atoms with E-state index in [1.165, 1.54) is 0 Å². The smallest absolute Gasteiger partial charge is 0.113 e. The molecule has 0 unspecified atom stereocenters. The number of nitrogens with two attached hydrogens (primary N) is 1. The van der Waals surface area contributed by atoms with E-state index in [0.29, 0.717) is 6.42 Å². The summed E-state index contributed by atoms with van der Waals surface area (Å²) >= 11 is 0. The van der Waals surface area contributed by atoms with Gasteiger partial charge in [0.15, 0.2) is 0 Å². The molecule has 0 fully saturated rings. The van der Waals surface area contributed by atoms with Gasteiger partial charge in [0.1, 0.15) is 5.84 Å². The molecule has 0 saturated carbocycles. The highest BCUT2D eigenvalue weighted by Crippen LogP contribution is 2.12. The molecule has 4 nitrogen and oxygen atoms in total. The highest BCUT2D eigenvalue weighted by Gasteiger charge is 2.18. The minimum absolute atomic E-state index is 0.208. The van der Waals surface area contributed by atoms with Gasteiger partial charge in [0, 0.05) is 20.1 Å². The van der Waals surface area contributed by atoms with Crippen molar-refractivity contribution in [3.05, 3.63) is 0 Å². The van der Waals surface area contributed by atoms with E-state index in [1.807, 2.05) is 20.8 Å². The Balaban J connectivity index is 4.11. The molecule has 72 valence electrons. The Morgan fingerprint density at radius 1 is 1.58 bits per heavy atom. The maximum Gasteiger partial charge on any atom is 0.113 e. The van der Waals surface area contributed by atoms with E-state index in [0.717, 1.165) is 12.4 Å². The van der Waals surface area contributed by atoms with Gasteiger partial charge in [0.2, 0.25) is 0 Å². The van der Waals surface area contributed by atoms with Crippen LogP contribution >= 0.6 is 0 Å². The second kappa shape index (κ2) is 5.11. The first-order valence-corrected chi connectivity index (χ1v) is 4.11. The molecule has 0 radical (unpaired) electrons. The number of rotatable bonds is 4. The molecule has 3 N–H and O–H groups in total. The molecule has 0 aromatic heterocycles. The Kier molecular flexibility index (Phi) is 4.85. The predicted molar refractivity (Wildman–Crippen MR) is 51.0 cm³/mol. The van der Waals surface area contributed by atoms with E-state index < -0.39 is 0 Å². The number of amidine groups is 1. The topological polar surface area (TPSA) is 59.6 Å². The fourth-order valence-corrected chi connectivity index (χ4v) is 0.819. The minimum atomic E-state index is -0.208. The summed E-state index contributed by atoms with van der Waals surface area (Å²) in [4.78, 5) is 4.18. The summed E-state index contributed by atoms with van der Waals surface area (Å²) in [5, 5.41) is 0. The van der Waals surface area contributed by atoms with Crippen molar-refractivity contribution >= 4 is 5.84 Å². The number of hydrogen-bond acceptors (Lipinski definition) is 3. The molecule has 0 saturated heterocycles. The lowest BCUT2D eigenvalue weighted by Crippen LogP contribution is -2.37. The van der Waals surface area contributed by atoms with Gasteiger partial charge >= 0.3 is 0 Å². The number of hydrogen-bond donors (Lipinski definition) is 2. The molecule has 0 bridgehead atoms. The molecule has 0 rings (SSSR count). The highest BCUT2D eigenvalue weighted by molar-refractivity contribution is 5.82. The Labute approximate surface area is 74.2 Å². The summed E-state index contributed by atoms with van der Waals surface area (Å²) < 4.78 is 5.24. The van der Waals surface area contributed by atoms with Crippen molar-refractivity contribution in [2.75, 3.05) is 13.7 Å². The zero-order chi connectivity index (χ0) is 9.61. The van der Waals surface area contributed by atoms with Crippen LogP contribution in [0.25, 0.3) is 0 Å². The van der Waals surface area contributed by atoms with Gasteiger partial charge in [0.05, 0.1) is 5.60 Å². The zero-order valence-corrected chi connectivity index (χ0v) is 8.35. The summed E-state index contributed by atoms with van der Waals surface area (Å²) in [6.07, 6.45) is 0.702. The zero-order valence-electron chi connectivity index (χ0n) is 8.35. The molecule has 0 aromatic carbocycles. The van der Waals surface area contributed by atoms with Crippen LogP contribution in [0.2, 0.25) is 0 Å². The van der Waals surface area contributed by atoms with Crippen molar-refractivity contribution in [1.82, 2.24) is 5.43 Å². The van der Waals surface area contributed by atoms with Crippen LogP contribution in [0.3, 0.4) is 0 Å². The maximum atomic E-state index is 5.28. The fraction of sp³-hybridized carbons (Fsp3) is 0.875. The van der Waals surface area contributed by atoms with E-state index in [4.69, 9.17) is 10.6 Å². The Morgan fingerprint density at radius 2 is 2.17 bits per heavy atom. The second-order valence-electron chi connectivity index (χ2n) is 3.21. The Bertz CT molecular complexity index is 154. The predicted octanol–water partition coefficient (Wildman–Crippen LogP) is 0.683. The molecule has 0 aliphatic carbocycles. The standard InChI is InChI=1S/C8H19N3O/c1-5-10-7(11-9)6-8(2,3)12-4/h5-6,9H2,1-4H3,(H,10,11). The van der Waals surface area contributed by atoms with Gasteiger partial charge in [-0.05, 0) is 20.8 Å². The number of ether oxygens (including phenoxy) is 1. The van der Waals surface area contributed by atoms with Gasteiger partial charge in [-0.3, -0.25) is 4.99 Å². The SMILES string of the molecule is CCN=C(CC(C)(C)OC)NN. The molecule has 0 heterocycles. The Hall–Kier alpha value is -0.610. The van der Waals surface area contributed by atoms with E-state index >= 15 is 0 Å². The average molecular weight is 173 g/mol. The molecule has 0 aliphatic rings. The number of hydrazine groups is 1. The van der Waals surface area contributed by atoms with Crippen molar-refractivity contribution in [1.29, 1.82) is 0 Å². The van der Waals surface area contributed by atoms with Crippen LogP contribution in [0.15, 0.2) is 4.99 Å². The quantitative estimate of drug-likeness (QED) is 0.284. The molecule has 12 heavy (non-hydrogen) atoms. The van der Waals surface area contributed by atoms with Crippen molar-refractivity contribution in [2.24, 2.45) is 10.8 Å². The lowest BCUT2D eigenvalue weighted by molar-refractivity contribution is 0.0286. The third-order valence-corrected chi connectivity index (χ3v) is 1.66. The largest absolute Gasteiger partial charge is 0.378 e. The van der Waals surface area contributed by atoms with Crippen molar-refractivity contribution in [3.63, 3.8) is 0 Å². The second-order valence-corrected chi connectivity index (χ2v) is 3.21. The lowest BCUT2D eigenvalue weighted by Gasteiger charge is -2.23. The number of nitrogens with one attached hydrogen (secondary N) is 1. The van der Waals surface area contributed by atoms with E-state index in [1.54, 1.807) is 7.11 Å². The summed E-state index contributed by atoms with van der Waals surface area (Å²) in [5.41, 5.74) is 2.36. The van der Waals surface area contributed by atoms with Gasteiger partial charge in [-0.15, -0.1) is 0 Å². The van der Waals surface area contributed by atoms with Gasteiger partial charge in [0.25, 0.3) is 0 Å². The molecule has 0 amide bonds. The summed E-state index contributed by atoms with van der Waals surface area (Å²) in [6.45, 7) is 6.70. The van der Waals surface area contributed by atoms with Gasteiger partial charge in [-0.25, -0.2) is 5.84 Å². The van der Waals surface area contributed by atoms with Gasteiger partial charge in [-0.2, -0.15) is 0 Å². The van der Waals surface area contributed by atoms with Crippen LogP contribution < -0.4 is 11.3 Å². The van der Waals surface area contributed by atoms with Crippen LogP contribution in [0.5, 0.6) is 0 Å². The third-order valence-electron chi connectivity index (χ3n) is 1.66. The molecule has 4 heteroatoms. The molecule has 0 atom stereocenters. The van der Waals surface area contributed by atoms with Crippen LogP contribution in [0, 0.1) is 0 Å². The molecule has 0 spiro atoms. The van der Waals surface area contributed by atoms with Crippen molar-refractivity contribution < 1.29 is 4.74 Å². The number of nitrogens with zero attached hydrogens (tertiary/aromatic N) is 1. The average Bonchev–Trinajstić information content (AvgIpc) is 2.03. The van der Waals surface area contributed by atoms with Crippen LogP contribution in [0.4, 0.5) is 0 Å². The summed E-state index contributed by atoms with van der Waals surface area (Å²) in [6, 6.07) is 0. The number of methoxy groups -OCH3 is 1. The monoisotopic (exact) mass is 173 g/mol. The van der Waals surface area contributed by atoms with Crippen molar-refractivity contribution in [3.8, 4) is 0 Å². The molecule has 0 aliphatic heterocycles. The van der Waals surface area contributed by atoms with E-state index in [-0.39, 0.29) is 5.60 Å². The summed E-state index contributed by atoms with van der Waals surface area (Å²) in [7, 11) is 1.68. The van der Waals surface area contributed by atoms with Crippen LogP contribution in [-0.4, -0.2) is 25.1 Å². The Morgan fingerprint density at radius 3 is 2.50 bits per heavy atom. The van der Waals surface area contributed by atoms with Crippen LogP contribution in [0.1, 0.15) is 27.2 Å². The first-order valence-electron chi connectivity index (χ1n) is 4.11. The molecular weight excluding hydrogens is 154 g/mol. The van der Waals surface area contributed by atoms with E-state index in [2.05, 4.69) is 10.4 Å². The minimum Gasteiger partial charge on any atom is -0.378 e. The highest BCUT2D eigenvalue weighted by atomic mass is 16.5. The number of aliphatic imine (C=N–C) groups is 1. The lowest BCUT2D eigenvalue weighted by atomic mass is 10.0. The fourth-order valence-electron chi connectivity index (χ4n) is 0.819.